The van der Waals surface area contributed by atoms with E-state index in [1.54, 1.807) is 11.9 Å². The second-order valence-electron chi connectivity index (χ2n) is 6.08. The fourth-order valence-corrected chi connectivity index (χ4v) is 4.98. The maximum Gasteiger partial charge on any atom is 0.254 e. The van der Waals surface area contributed by atoms with Crippen molar-refractivity contribution in [1.29, 1.82) is 0 Å². The van der Waals surface area contributed by atoms with E-state index >= 15 is 0 Å². The van der Waals surface area contributed by atoms with Crippen molar-refractivity contribution in [2.75, 3.05) is 18.6 Å². The van der Waals surface area contributed by atoms with Crippen molar-refractivity contribution in [2.45, 2.75) is 32.7 Å². The van der Waals surface area contributed by atoms with E-state index in [9.17, 15) is 13.2 Å². The van der Waals surface area contributed by atoms with Crippen LogP contribution < -0.4 is 0 Å². The van der Waals surface area contributed by atoms with Gasteiger partial charge in [-0.25, -0.2) is 8.42 Å². The predicted molar refractivity (Wildman–Crippen MR) is 79.7 cm³/mol. The first-order valence-electron chi connectivity index (χ1n) is 6.70. The van der Waals surface area contributed by atoms with E-state index in [1.165, 1.54) is 0 Å². The lowest BCUT2D eigenvalue weighted by atomic mass is 9.98. The molecule has 1 heterocycles. The number of rotatable bonds is 2. The fourth-order valence-electron chi connectivity index (χ4n) is 2.79. The van der Waals surface area contributed by atoms with Gasteiger partial charge in [-0.1, -0.05) is 17.2 Å². The van der Waals surface area contributed by atoms with Gasteiger partial charge in [-0.05, 0) is 39.3 Å². The Kier molecular flexibility index (Phi) is 3.67. The lowest BCUT2D eigenvalue weighted by Crippen LogP contribution is -2.48. The average Bonchev–Trinajstić information content (AvgIpc) is 2.61. The Morgan fingerprint density at radius 1 is 1.20 bits per heavy atom. The summed E-state index contributed by atoms with van der Waals surface area (Å²) >= 11 is 0. The number of aryl methyl sites for hydroxylation is 2. The molecule has 2 rings (SSSR count). The van der Waals surface area contributed by atoms with Gasteiger partial charge in [-0.15, -0.1) is 0 Å². The number of carbonyl (C=O) groups is 1. The van der Waals surface area contributed by atoms with Crippen molar-refractivity contribution >= 4 is 15.7 Å². The summed E-state index contributed by atoms with van der Waals surface area (Å²) in [6.07, 6.45) is 0.502. The van der Waals surface area contributed by atoms with Crippen molar-refractivity contribution < 1.29 is 13.2 Å². The van der Waals surface area contributed by atoms with E-state index in [0.717, 1.165) is 11.1 Å². The normalized spacial score (nSPS) is 24.6. The van der Waals surface area contributed by atoms with Gasteiger partial charge < -0.3 is 4.90 Å². The molecule has 5 heteroatoms. The zero-order chi connectivity index (χ0) is 15.1. The Bertz CT molecular complexity index is 631. The number of nitrogens with zero attached hydrogens (tertiary/aromatic N) is 1. The van der Waals surface area contributed by atoms with E-state index < -0.39 is 15.4 Å². The fraction of sp³-hybridized carbons (Fsp3) is 0.533. The first kappa shape index (κ1) is 15.0. The molecule has 0 N–H and O–H groups in total. The summed E-state index contributed by atoms with van der Waals surface area (Å²) in [6.45, 7) is 5.75. The van der Waals surface area contributed by atoms with Gasteiger partial charge in [0, 0.05) is 12.6 Å². The third-order valence-electron chi connectivity index (χ3n) is 4.07. The van der Waals surface area contributed by atoms with Gasteiger partial charge in [0.05, 0.1) is 17.0 Å². The Labute approximate surface area is 120 Å². The second-order valence-corrected chi connectivity index (χ2v) is 8.26. The average molecular weight is 295 g/mol. The first-order valence-corrected chi connectivity index (χ1v) is 8.52. The molecule has 1 fully saturated rings. The van der Waals surface area contributed by atoms with E-state index in [1.807, 2.05) is 39.0 Å². The van der Waals surface area contributed by atoms with Crippen LogP contribution in [0, 0.1) is 13.8 Å². The summed E-state index contributed by atoms with van der Waals surface area (Å²) in [7, 11) is -1.33. The molecular weight excluding hydrogens is 274 g/mol. The van der Waals surface area contributed by atoms with Crippen LogP contribution in [0.3, 0.4) is 0 Å². The van der Waals surface area contributed by atoms with E-state index in [2.05, 4.69) is 0 Å². The van der Waals surface area contributed by atoms with E-state index in [4.69, 9.17) is 0 Å². The van der Waals surface area contributed by atoms with Crippen molar-refractivity contribution in [1.82, 2.24) is 4.90 Å². The molecule has 0 bridgehead atoms. The molecular formula is C15H21NO3S. The Balaban J connectivity index is 2.29. The summed E-state index contributed by atoms with van der Waals surface area (Å²) in [5.41, 5.74) is 2.08. The summed E-state index contributed by atoms with van der Waals surface area (Å²) in [5, 5.41) is 0. The molecule has 0 saturated carbocycles. The summed E-state index contributed by atoms with van der Waals surface area (Å²) in [6, 6.07) is 5.70. The number of hydrogen-bond acceptors (Lipinski definition) is 3. The SMILES string of the molecule is Cc1cc(C)cc(C(=O)N(C)[C@]2(C)CCS(=O)(=O)C2)c1. The highest BCUT2D eigenvalue weighted by molar-refractivity contribution is 7.91. The standard InChI is InChI=1S/C15H21NO3S/c1-11-7-12(2)9-13(8-11)14(17)16(4)15(3)5-6-20(18,19)10-15/h7-9H,5-6,10H2,1-4H3/t15-/m1/s1. The van der Waals surface area contributed by atoms with Gasteiger partial charge in [-0.3, -0.25) is 4.79 Å². The smallest absolute Gasteiger partial charge is 0.254 e. The molecule has 1 saturated heterocycles. The van der Waals surface area contributed by atoms with Crippen LogP contribution in [-0.2, 0) is 9.84 Å². The topological polar surface area (TPSA) is 54.5 Å². The molecule has 0 radical (unpaired) electrons. The van der Waals surface area contributed by atoms with Crippen LogP contribution in [0.5, 0.6) is 0 Å². The van der Waals surface area contributed by atoms with Gasteiger partial charge >= 0.3 is 0 Å². The lowest BCUT2D eigenvalue weighted by molar-refractivity contribution is 0.0638. The molecule has 110 valence electrons. The molecule has 1 amide bonds. The molecule has 1 aliphatic rings. The summed E-state index contributed by atoms with van der Waals surface area (Å²) < 4.78 is 23.4. The lowest BCUT2D eigenvalue weighted by Gasteiger charge is -2.34. The molecule has 1 aliphatic heterocycles. The van der Waals surface area contributed by atoms with E-state index in [-0.39, 0.29) is 17.4 Å². The van der Waals surface area contributed by atoms with Gasteiger partial charge in [0.15, 0.2) is 9.84 Å². The molecule has 4 nitrogen and oxygen atoms in total. The van der Waals surface area contributed by atoms with Crippen LogP contribution in [0.15, 0.2) is 18.2 Å². The quantitative estimate of drug-likeness (QED) is 0.838. The monoisotopic (exact) mass is 295 g/mol. The zero-order valence-corrected chi connectivity index (χ0v) is 13.3. The van der Waals surface area contributed by atoms with Crippen molar-refractivity contribution in [3.8, 4) is 0 Å². The van der Waals surface area contributed by atoms with Crippen LogP contribution in [0.4, 0.5) is 0 Å². The molecule has 1 atom stereocenters. The number of amides is 1. The molecule has 1 aromatic carbocycles. The van der Waals surface area contributed by atoms with Crippen LogP contribution in [0.25, 0.3) is 0 Å². The third-order valence-corrected chi connectivity index (χ3v) is 5.95. The zero-order valence-electron chi connectivity index (χ0n) is 12.4. The van der Waals surface area contributed by atoms with Crippen LogP contribution in [-0.4, -0.2) is 43.3 Å². The van der Waals surface area contributed by atoms with Gasteiger partial charge in [0.25, 0.3) is 5.91 Å². The highest BCUT2D eigenvalue weighted by atomic mass is 32.2. The number of sulfone groups is 1. The maximum atomic E-state index is 12.6. The Hall–Kier alpha value is -1.36. The molecule has 0 aliphatic carbocycles. The minimum Gasteiger partial charge on any atom is -0.335 e. The summed E-state index contributed by atoms with van der Waals surface area (Å²) in [4.78, 5) is 14.2. The number of benzene rings is 1. The highest BCUT2D eigenvalue weighted by Gasteiger charge is 2.43. The minimum atomic E-state index is -3.02. The molecule has 20 heavy (non-hydrogen) atoms. The van der Waals surface area contributed by atoms with Crippen LogP contribution in [0.1, 0.15) is 34.8 Å². The number of hydrogen-bond donors (Lipinski definition) is 0. The number of carbonyl (C=O) groups excluding carboxylic acids is 1. The van der Waals surface area contributed by atoms with Gasteiger partial charge in [0.2, 0.25) is 0 Å². The minimum absolute atomic E-state index is 0.0486. The molecule has 1 aromatic rings. The van der Waals surface area contributed by atoms with Gasteiger partial charge in [0.1, 0.15) is 0 Å². The van der Waals surface area contributed by atoms with Crippen LogP contribution in [0.2, 0.25) is 0 Å². The summed E-state index contributed by atoms with van der Waals surface area (Å²) in [5.74, 6) is 0.0949. The third kappa shape index (κ3) is 2.87. The van der Waals surface area contributed by atoms with Crippen molar-refractivity contribution in [3.63, 3.8) is 0 Å². The van der Waals surface area contributed by atoms with Crippen LogP contribution >= 0.6 is 0 Å². The first-order chi connectivity index (χ1) is 9.13. The molecule has 0 unspecified atom stereocenters. The predicted octanol–water partition coefficient (Wildman–Crippen LogP) is 1.95. The van der Waals surface area contributed by atoms with Gasteiger partial charge in [-0.2, -0.15) is 0 Å². The van der Waals surface area contributed by atoms with Crippen molar-refractivity contribution in [3.05, 3.63) is 34.9 Å². The highest BCUT2D eigenvalue weighted by Crippen LogP contribution is 2.29. The maximum absolute atomic E-state index is 12.6. The molecule has 0 aromatic heterocycles. The van der Waals surface area contributed by atoms with E-state index in [0.29, 0.717) is 12.0 Å². The largest absolute Gasteiger partial charge is 0.335 e. The second kappa shape index (κ2) is 4.88. The Morgan fingerprint density at radius 3 is 2.20 bits per heavy atom. The Morgan fingerprint density at radius 2 is 1.75 bits per heavy atom. The van der Waals surface area contributed by atoms with Crippen molar-refractivity contribution in [2.24, 2.45) is 0 Å². The molecule has 0 spiro atoms.